The second-order valence-corrected chi connectivity index (χ2v) is 6.50. The number of nitrogens with zero attached hydrogens (tertiary/aromatic N) is 1. The molecule has 2 aromatic carbocycles. The first kappa shape index (κ1) is 22.4. The van der Waals surface area contributed by atoms with Gasteiger partial charge >= 0.3 is 5.97 Å². The number of carbonyl (C=O) groups excluding carboxylic acids is 2. The predicted molar refractivity (Wildman–Crippen MR) is 109 cm³/mol. The van der Waals surface area contributed by atoms with Gasteiger partial charge in [0.2, 0.25) is 0 Å². The lowest BCUT2D eigenvalue weighted by atomic mass is 10.2. The quantitative estimate of drug-likeness (QED) is 0.622. The van der Waals surface area contributed by atoms with Crippen LogP contribution in [0.25, 0.3) is 0 Å². The minimum atomic E-state index is -0.800. The van der Waals surface area contributed by atoms with Gasteiger partial charge in [-0.3, -0.25) is 4.79 Å². The Hall–Kier alpha value is -2.93. The van der Waals surface area contributed by atoms with Gasteiger partial charge in [-0.25, -0.2) is 4.79 Å². The Bertz CT molecular complexity index is 870. The molecule has 1 N–H and O–H groups in total. The summed E-state index contributed by atoms with van der Waals surface area (Å²) in [5.74, 6) is -0.250. The molecule has 0 saturated carbocycles. The standard InChI is InChI=1S/C21H24ClNO6/c1-4-23(12-14-6-9-18(28-5-2)19(10-14)27-3)20(25)13-29-21(26)16-8-7-15(22)11-17(16)24/h6-11,24H,4-5,12-13H2,1-3H3. The molecule has 156 valence electrons. The Morgan fingerprint density at radius 2 is 1.86 bits per heavy atom. The lowest BCUT2D eigenvalue weighted by Crippen LogP contribution is -2.34. The van der Waals surface area contributed by atoms with Gasteiger partial charge in [0.1, 0.15) is 11.3 Å². The number of esters is 1. The normalized spacial score (nSPS) is 10.3. The summed E-state index contributed by atoms with van der Waals surface area (Å²) in [6.07, 6.45) is 0. The van der Waals surface area contributed by atoms with Crippen LogP contribution in [0, 0.1) is 0 Å². The maximum atomic E-state index is 12.5. The van der Waals surface area contributed by atoms with Gasteiger partial charge in [0.25, 0.3) is 5.91 Å². The zero-order valence-corrected chi connectivity index (χ0v) is 17.4. The Morgan fingerprint density at radius 1 is 1.10 bits per heavy atom. The van der Waals surface area contributed by atoms with Gasteiger partial charge < -0.3 is 24.2 Å². The number of hydrogen-bond donors (Lipinski definition) is 1. The first-order valence-electron chi connectivity index (χ1n) is 9.12. The Labute approximate surface area is 174 Å². The number of methoxy groups -OCH3 is 1. The largest absolute Gasteiger partial charge is 0.507 e. The van der Waals surface area contributed by atoms with Crippen LogP contribution < -0.4 is 9.47 Å². The Kier molecular flexibility index (Phi) is 8.15. The number of amides is 1. The van der Waals surface area contributed by atoms with Crippen LogP contribution in [0.2, 0.25) is 5.02 Å². The molecule has 2 rings (SSSR count). The lowest BCUT2D eigenvalue weighted by Gasteiger charge is -2.21. The van der Waals surface area contributed by atoms with Gasteiger partial charge in [0, 0.05) is 18.1 Å². The van der Waals surface area contributed by atoms with Gasteiger partial charge in [-0.15, -0.1) is 0 Å². The SMILES string of the molecule is CCOc1ccc(CN(CC)C(=O)COC(=O)c2ccc(Cl)cc2O)cc1OC. The van der Waals surface area contributed by atoms with Gasteiger partial charge in [-0.1, -0.05) is 17.7 Å². The van der Waals surface area contributed by atoms with E-state index in [9.17, 15) is 14.7 Å². The van der Waals surface area contributed by atoms with Gasteiger partial charge in [-0.2, -0.15) is 0 Å². The maximum absolute atomic E-state index is 12.5. The second-order valence-electron chi connectivity index (χ2n) is 6.06. The summed E-state index contributed by atoms with van der Waals surface area (Å²) in [6, 6.07) is 9.47. The van der Waals surface area contributed by atoms with Gasteiger partial charge in [0.15, 0.2) is 18.1 Å². The molecule has 7 nitrogen and oxygen atoms in total. The molecule has 1 amide bonds. The fraction of sp³-hybridized carbons (Fsp3) is 0.333. The van der Waals surface area contributed by atoms with E-state index in [-0.39, 0.29) is 22.2 Å². The van der Waals surface area contributed by atoms with Crippen molar-refractivity contribution in [1.29, 1.82) is 0 Å². The van der Waals surface area contributed by atoms with E-state index in [1.807, 2.05) is 19.9 Å². The summed E-state index contributed by atoms with van der Waals surface area (Å²) in [7, 11) is 1.55. The van der Waals surface area contributed by atoms with E-state index in [1.165, 1.54) is 18.2 Å². The maximum Gasteiger partial charge on any atom is 0.342 e. The molecule has 0 heterocycles. The monoisotopic (exact) mass is 421 g/mol. The van der Waals surface area contributed by atoms with E-state index in [0.717, 1.165) is 5.56 Å². The van der Waals surface area contributed by atoms with E-state index in [4.69, 9.17) is 25.8 Å². The van der Waals surface area contributed by atoms with E-state index in [0.29, 0.717) is 31.2 Å². The number of aromatic hydroxyl groups is 1. The third kappa shape index (κ3) is 6.02. The first-order chi connectivity index (χ1) is 13.9. The second kappa shape index (κ2) is 10.6. The number of hydrogen-bond acceptors (Lipinski definition) is 6. The number of ether oxygens (including phenoxy) is 3. The third-order valence-corrected chi connectivity index (χ3v) is 4.38. The summed E-state index contributed by atoms with van der Waals surface area (Å²) >= 11 is 5.75. The molecule has 0 unspecified atom stereocenters. The van der Waals surface area contributed by atoms with Gasteiger partial charge in [0.05, 0.1) is 13.7 Å². The van der Waals surface area contributed by atoms with Crippen LogP contribution in [0.15, 0.2) is 36.4 Å². The van der Waals surface area contributed by atoms with Gasteiger partial charge in [-0.05, 0) is 49.7 Å². The van der Waals surface area contributed by atoms with E-state index >= 15 is 0 Å². The van der Waals surface area contributed by atoms with Crippen molar-refractivity contribution in [2.75, 3.05) is 26.9 Å². The molecule has 0 aromatic heterocycles. The van der Waals surface area contributed by atoms with Crippen molar-refractivity contribution in [3.05, 3.63) is 52.5 Å². The number of rotatable bonds is 9. The predicted octanol–water partition coefficient (Wildman–Crippen LogP) is 3.66. The van der Waals surface area contributed by atoms with E-state index in [2.05, 4.69) is 0 Å². The van der Waals surface area contributed by atoms with Crippen molar-refractivity contribution < 1.29 is 28.9 Å². The highest BCUT2D eigenvalue weighted by molar-refractivity contribution is 6.30. The smallest absolute Gasteiger partial charge is 0.342 e. The van der Waals surface area contributed by atoms with E-state index < -0.39 is 12.6 Å². The summed E-state index contributed by atoms with van der Waals surface area (Å²) in [6.45, 7) is 4.54. The summed E-state index contributed by atoms with van der Waals surface area (Å²) < 4.78 is 15.9. The number of carbonyl (C=O) groups is 2. The number of benzene rings is 2. The topological polar surface area (TPSA) is 85.3 Å². The van der Waals surface area contributed by atoms with Crippen LogP contribution in [0.3, 0.4) is 0 Å². The molecule has 0 spiro atoms. The number of halogens is 1. The summed E-state index contributed by atoms with van der Waals surface area (Å²) in [5, 5.41) is 10.1. The van der Waals surface area contributed by atoms with Crippen molar-refractivity contribution in [2.45, 2.75) is 20.4 Å². The molecule has 0 atom stereocenters. The van der Waals surface area contributed by atoms with Crippen LogP contribution in [-0.4, -0.2) is 48.8 Å². The average molecular weight is 422 g/mol. The van der Waals surface area contributed by atoms with Crippen LogP contribution >= 0.6 is 11.6 Å². The molecule has 29 heavy (non-hydrogen) atoms. The third-order valence-electron chi connectivity index (χ3n) is 4.14. The molecule has 0 radical (unpaired) electrons. The number of likely N-dealkylation sites (N-methyl/N-ethyl adjacent to an activating group) is 1. The molecule has 0 bridgehead atoms. The number of phenols is 1. The van der Waals surface area contributed by atoms with Crippen molar-refractivity contribution in [1.82, 2.24) is 4.90 Å². The molecule has 0 fully saturated rings. The molecular weight excluding hydrogens is 398 g/mol. The van der Waals surface area contributed by atoms with Crippen LogP contribution in [0.1, 0.15) is 29.8 Å². The summed E-state index contributed by atoms with van der Waals surface area (Å²) in [5.41, 5.74) is 0.795. The minimum absolute atomic E-state index is 0.0542. The zero-order valence-electron chi connectivity index (χ0n) is 16.6. The van der Waals surface area contributed by atoms with Crippen molar-refractivity contribution >= 4 is 23.5 Å². The number of phenolic OH excluding ortho intramolecular Hbond substituents is 1. The molecular formula is C21H24ClNO6. The van der Waals surface area contributed by atoms with Crippen LogP contribution in [0.5, 0.6) is 17.2 Å². The average Bonchev–Trinajstić information content (AvgIpc) is 2.71. The highest BCUT2D eigenvalue weighted by Gasteiger charge is 2.18. The fourth-order valence-corrected chi connectivity index (χ4v) is 2.82. The Balaban J connectivity index is 2.00. The highest BCUT2D eigenvalue weighted by Crippen LogP contribution is 2.28. The highest BCUT2D eigenvalue weighted by atomic mass is 35.5. The van der Waals surface area contributed by atoms with Crippen molar-refractivity contribution in [3.8, 4) is 17.2 Å². The lowest BCUT2D eigenvalue weighted by molar-refractivity contribution is -0.134. The molecule has 2 aromatic rings. The molecule has 0 saturated heterocycles. The zero-order chi connectivity index (χ0) is 21.4. The Morgan fingerprint density at radius 3 is 2.48 bits per heavy atom. The molecule has 0 aliphatic rings. The minimum Gasteiger partial charge on any atom is -0.507 e. The molecule has 0 aliphatic carbocycles. The fourth-order valence-electron chi connectivity index (χ4n) is 2.66. The van der Waals surface area contributed by atoms with Crippen LogP contribution in [0.4, 0.5) is 0 Å². The van der Waals surface area contributed by atoms with Crippen LogP contribution in [-0.2, 0) is 16.1 Å². The van der Waals surface area contributed by atoms with Crippen molar-refractivity contribution in [3.63, 3.8) is 0 Å². The summed E-state index contributed by atoms with van der Waals surface area (Å²) in [4.78, 5) is 26.1. The molecule has 8 heteroatoms. The van der Waals surface area contributed by atoms with E-state index in [1.54, 1.807) is 24.1 Å². The van der Waals surface area contributed by atoms with Crippen molar-refractivity contribution in [2.24, 2.45) is 0 Å². The first-order valence-corrected chi connectivity index (χ1v) is 9.50. The molecule has 0 aliphatic heterocycles.